The normalized spacial score (nSPS) is 27.8. The van der Waals surface area contributed by atoms with E-state index in [9.17, 15) is 29.1 Å². The van der Waals surface area contributed by atoms with E-state index >= 15 is 0 Å². The lowest BCUT2D eigenvalue weighted by Gasteiger charge is -2.31. The van der Waals surface area contributed by atoms with Gasteiger partial charge in [-0.2, -0.15) is 0 Å². The van der Waals surface area contributed by atoms with E-state index in [1.807, 2.05) is 0 Å². The molecule has 1 aromatic rings. The zero-order chi connectivity index (χ0) is 35.8. The Balaban J connectivity index is 1.21. The number of aliphatic hydroxyl groups excluding tert-OH is 2. The minimum Gasteiger partial charge on any atom is -0.462 e. The quantitative estimate of drug-likeness (QED) is 0.131. The number of cyclic esters (lactones) is 1. The van der Waals surface area contributed by atoms with Crippen LogP contribution in [-0.4, -0.2) is 102 Å². The number of aliphatic hydroxyl groups is 2. The third kappa shape index (κ3) is 7.48. The van der Waals surface area contributed by atoms with Crippen LogP contribution in [0.3, 0.4) is 0 Å². The average Bonchev–Trinajstić information content (AvgIpc) is 4.03. The molecule has 2 saturated carbocycles. The molecule has 14 heteroatoms. The number of ether oxygens (including phenoxy) is 5. The van der Waals surface area contributed by atoms with E-state index in [0.717, 1.165) is 31.8 Å². The van der Waals surface area contributed by atoms with Gasteiger partial charge in [-0.3, -0.25) is 9.59 Å². The van der Waals surface area contributed by atoms with Crippen LogP contribution in [0.4, 0.5) is 0 Å². The van der Waals surface area contributed by atoms with E-state index in [1.165, 1.54) is 19.1 Å². The largest absolute Gasteiger partial charge is 0.462 e. The van der Waals surface area contributed by atoms with Gasteiger partial charge in [0.05, 0.1) is 18.3 Å². The van der Waals surface area contributed by atoms with Gasteiger partial charge < -0.3 is 44.5 Å². The van der Waals surface area contributed by atoms with Gasteiger partial charge in [0.2, 0.25) is 17.9 Å². The summed E-state index contributed by atoms with van der Waals surface area (Å²) in [6, 6.07) is 5.18. The van der Waals surface area contributed by atoms with E-state index in [4.69, 9.17) is 28.8 Å². The van der Waals surface area contributed by atoms with Crippen LogP contribution in [-0.2, 0) is 42.9 Å². The Morgan fingerprint density at radius 1 is 1.06 bits per heavy atom. The van der Waals surface area contributed by atoms with E-state index in [0.29, 0.717) is 5.56 Å². The van der Waals surface area contributed by atoms with Gasteiger partial charge in [-0.05, 0) is 56.4 Å². The van der Waals surface area contributed by atoms with Crippen LogP contribution in [0.2, 0.25) is 0 Å². The van der Waals surface area contributed by atoms with Crippen LogP contribution in [0, 0.1) is 17.3 Å². The maximum atomic E-state index is 13.8. The second kappa shape index (κ2) is 14.3. The number of nitrogens with one attached hydrogen (secondary N) is 2. The van der Waals surface area contributed by atoms with E-state index < -0.39 is 77.5 Å². The summed E-state index contributed by atoms with van der Waals surface area (Å²) in [5.74, 6) is -3.89. The predicted molar refractivity (Wildman–Crippen MR) is 174 cm³/mol. The Labute approximate surface area is 289 Å². The summed E-state index contributed by atoms with van der Waals surface area (Å²) in [6.07, 6.45) is 3.20. The maximum absolute atomic E-state index is 13.8. The van der Waals surface area contributed by atoms with Crippen LogP contribution < -0.4 is 10.6 Å². The third-order valence-electron chi connectivity index (χ3n) is 9.75. The van der Waals surface area contributed by atoms with Gasteiger partial charge in [-0.25, -0.2) is 14.4 Å². The van der Waals surface area contributed by atoms with Crippen molar-refractivity contribution in [2.75, 3.05) is 19.8 Å². The van der Waals surface area contributed by atoms with Gasteiger partial charge in [0.25, 0.3) is 0 Å². The molecule has 0 bridgehead atoms. The highest BCUT2D eigenvalue weighted by Gasteiger charge is 2.64. The molecular formula is C36H44N2O12. The zero-order valence-electron chi connectivity index (χ0n) is 28.3. The van der Waals surface area contributed by atoms with Gasteiger partial charge in [0.1, 0.15) is 31.0 Å². The number of hydrogen-bond acceptors (Lipinski definition) is 12. The lowest BCUT2D eigenvalue weighted by atomic mass is 9.90. The van der Waals surface area contributed by atoms with Gasteiger partial charge in [-0.15, -0.1) is 0 Å². The molecule has 50 heavy (non-hydrogen) atoms. The Morgan fingerprint density at radius 2 is 1.76 bits per heavy atom. The van der Waals surface area contributed by atoms with E-state index in [-0.39, 0.29) is 49.2 Å². The molecule has 2 amide bonds. The first-order chi connectivity index (χ1) is 23.8. The molecule has 0 spiro atoms. The molecule has 6 atom stereocenters. The van der Waals surface area contributed by atoms with Crippen molar-refractivity contribution >= 4 is 35.8 Å². The number of hydrogen-bond donors (Lipinski definition) is 4. The van der Waals surface area contributed by atoms with Gasteiger partial charge in [0, 0.05) is 41.9 Å². The van der Waals surface area contributed by atoms with Crippen molar-refractivity contribution in [3.05, 3.63) is 53.1 Å². The molecular weight excluding hydrogens is 652 g/mol. The highest BCUT2D eigenvalue weighted by atomic mass is 16.8. The molecule has 6 rings (SSSR count). The first-order valence-electron chi connectivity index (χ1n) is 17.1. The van der Waals surface area contributed by atoms with Gasteiger partial charge in [0.15, 0.2) is 5.79 Å². The Morgan fingerprint density at radius 3 is 2.38 bits per heavy atom. The first kappa shape index (κ1) is 35.7. The molecule has 6 unspecified atom stereocenters. The Bertz CT molecular complexity index is 1560. The summed E-state index contributed by atoms with van der Waals surface area (Å²) < 4.78 is 29.7. The summed E-state index contributed by atoms with van der Waals surface area (Å²) >= 11 is 0. The fourth-order valence-corrected chi connectivity index (χ4v) is 6.78. The molecule has 1 aromatic carbocycles. The molecule has 270 valence electrons. The molecule has 2 saturated heterocycles. The van der Waals surface area contributed by atoms with E-state index in [1.54, 1.807) is 38.1 Å². The van der Waals surface area contributed by atoms with Crippen molar-refractivity contribution in [1.82, 2.24) is 10.6 Å². The molecule has 0 radical (unpaired) electrons. The van der Waals surface area contributed by atoms with Crippen molar-refractivity contribution in [2.24, 2.45) is 17.3 Å². The topological polar surface area (TPSA) is 196 Å². The van der Waals surface area contributed by atoms with Gasteiger partial charge >= 0.3 is 17.9 Å². The standard InChI is InChI=1S/C36H44N2O12/c1-19(40)28(32(43)37-14-15-39)38-31(42)21-16-25(29-26(17-21)49-36(50-29,22-9-10-22)23-11-12-23)47-33(44)24-7-5-4-6-20(24)8-13-27(41)48-30-34(45)46-18-35(30,2)3/h4-8,13,17,19,22-23,25-26,28-30,39-40H,9-12,14-16,18H2,1-3H3,(H,37,43)(H,38,42). The Kier molecular flexibility index (Phi) is 10.2. The molecule has 4 N–H and O–H groups in total. The second-order valence-corrected chi connectivity index (χ2v) is 14.3. The van der Waals surface area contributed by atoms with Crippen LogP contribution in [0.25, 0.3) is 6.08 Å². The minimum atomic E-state index is -1.30. The van der Waals surface area contributed by atoms with Crippen LogP contribution in [0.15, 0.2) is 42.0 Å². The molecule has 3 aliphatic carbocycles. The molecule has 2 heterocycles. The second-order valence-electron chi connectivity index (χ2n) is 14.3. The maximum Gasteiger partial charge on any atom is 0.348 e. The van der Waals surface area contributed by atoms with E-state index in [2.05, 4.69) is 10.6 Å². The first-order valence-corrected chi connectivity index (χ1v) is 17.1. The number of esters is 3. The zero-order valence-corrected chi connectivity index (χ0v) is 28.3. The van der Waals surface area contributed by atoms with Crippen molar-refractivity contribution in [1.29, 1.82) is 0 Å². The average molecular weight is 697 g/mol. The molecule has 4 fully saturated rings. The fourth-order valence-electron chi connectivity index (χ4n) is 6.78. The number of carbonyl (C=O) groups excluding carboxylic acids is 5. The smallest absolute Gasteiger partial charge is 0.348 e. The van der Waals surface area contributed by atoms with Gasteiger partial charge in [-0.1, -0.05) is 32.0 Å². The summed E-state index contributed by atoms with van der Waals surface area (Å²) in [7, 11) is 0. The molecule has 0 aromatic heterocycles. The number of carbonyl (C=O) groups is 5. The summed E-state index contributed by atoms with van der Waals surface area (Å²) in [6.45, 7) is 4.63. The molecule has 14 nitrogen and oxygen atoms in total. The number of amides is 2. The van der Waals surface area contributed by atoms with Crippen LogP contribution >= 0.6 is 0 Å². The summed E-state index contributed by atoms with van der Waals surface area (Å²) in [5, 5.41) is 24.4. The highest BCUT2D eigenvalue weighted by Crippen LogP contribution is 2.59. The lowest BCUT2D eigenvalue weighted by molar-refractivity contribution is -0.209. The number of rotatable bonds is 13. The third-order valence-corrected chi connectivity index (χ3v) is 9.75. The molecule has 2 aliphatic heterocycles. The highest BCUT2D eigenvalue weighted by molar-refractivity contribution is 5.98. The lowest BCUT2D eigenvalue weighted by Crippen LogP contribution is -2.54. The number of benzene rings is 1. The SMILES string of the molecule is CC(O)C(NC(=O)C1=CC2OC(C3CC3)(C3CC3)OC2C(OC(=O)c2ccccc2C=CC(=O)OC2C(=O)OCC2(C)C)C1)C(=O)NCCO. The predicted octanol–water partition coefficient (Wildman–Crippen LogP) is 1.32. The molecule has 5 aliphatic rings. The van der Waals surface area contributed by atoms with Crippen molar-refractivity contribution in [2.45, 2.75) is 95.2 Å². The minimum absolute atomic E-state index is 0.0524. The van der Waals surface area contributed by atoms with Crippen LogP contribution in [0.5, 0.6) is 0 Å². The van der Waals surface area contributed by atoms with Crippen molar-refractivity contribution in [3.63, 3.8) is 0 Å². The monoisotopic (exact) mass is 696 g/mol. The summed E-state index contributed by atoms with van der Waals surface area (Å²) in [4.78, 5) is 64.8. The Hall–Kier alpha value is -4.11. The van der Waals surface area contributed by atoms with Crippen LogP contribution in [0.1, 0.15) is 68.8 Å². The fraction of sp³-hybridized carbons (Fsp3) is 0.583. The van der Waals surface area contributed by atoms with Crippen molar-refractivity contribution in [3.8, 4) is 0 Å². The summed E-state index contributed by atoms with van der Waals surface area (Å²) in [5.41, 5.74) is 0.000880. The van der Waals surface area contributed by atoms with Crippen molar-refractivity contribution < 1.29 is 57.9 Å². The number of fused-ring (bicyclic) bond motifs is 1.